The van der Waals surface area contributed by atoms with Crippen LogP contribution in [0.1, 0.15) is 36.8 Å². The van der Waals surface area contributed by atoms with Crippen LogP contribution in [0.25, 0.3) is 11.2 Å². The highest BCUT2D eigenvalue weighted by atomic mass is 16.5. The number of rotatable bonds is 9. The number of methoxy groups -OCH3 is 1. The topological polar surface area (TPSA) is 94.1 Å². The Morgan fingerprint density at radius 2 is 2.00 bits per heavy atom. The average molecular weight is 424 g/mol. The van der Waals surface area contributed by atoms with E-state index in [1.54, 1.807) is 17.9 Å². The molecule has 0 amide bonds. The van der Waals surface area contributed by atoms with Crippen molar-refractivity contribution < 1.29 is 9.47 Å². The molecular weight excluding hydrogens is 394 g/mol. The highest BCUT2D eigenvalue weighted by Gasteiger charge is 2.38. The highest BCUT2D eigenvalue weighted by molar-refractivity contribution is 5.69. The van der Waals surface area contributed by atoms with Crippen molar-refractivity contribution in [1.82, 2.24) is 24.8 Å². The van der Waals surface area contributed by atoms with E-state index < -0.39 is 0 Å². The second-order valence-corrected chi connectivity index (χ2v) is 8.65. The molecule has 2 aliphatic rings. The van der Waals surface area contributed by atoms with Gasteiger partial charge >= 0.3 is 11.7 Å². The number of hydrogen-bond donors (Lipinski definition) is 2. The molecule has 0 spiro atoms. The fourth-order valence-electron chi connectivity index (χ4n) is 4.97. The van der Waals surface area contributed by atoms with E-state index in [0.29, 0.717) is 30.9 Å². The molecule has 2 bridgehead atoms. The van der Waals surface area contributed by atoms with Crippen molar-refractivity contribution in [2.45, 2.75) is 50.7 Å². The van der Waals surface area contributed by atoms with Gasteiger partial charge in [0.2, 0.25) is 0 Å². The van der Waals surface area contributed by atoms with Gasteiger partial charge in [-0.05, 0) is 49.1 Å². The summed E-state index contributed by atoms with van der Waals surface area (Å²) in [7, 11) is 1.61. The molecule has 3 aromatic rings. The van der Waals surface area contributed by atoms with Crippen LogP contribution in [0.3, 0.4) is 0 Å². The van der Waals surface area contributed by atoms with Gasteiger partial charge in [-0.1, -0.05) is 24.3 Å². The Balaban J connectivity index is 1.25. The van der Waals surface area contributed by atoms with Crippen molar-refractivity contribution in [1.29, 1.82) is 0 Å². The van der Waals surface area contributed by atoms with E-state index in [1.807, 2.05) is 0 Å². The second-order valence-electron chi connectivity index (χ2n) is 8.65. The van der Waals surface area contributed by atoms with Gasteiger partial charge < -0.3 is 19.8 Å². The Bertz CT molecular complexity index is 1090. The Kier molecular flexibility index (Phi) is 5.74. The minimum atomic E-state index is -0.203. The van der Waals surface area contributed by atoms with Gasteiger partial charge in [0, 0.05) is 19.2 Å². The molecule has 2 aromatic heterocycles. The van der Waals surface area contributed by atoms with Crippen LogP contribution < -0.4 is 15.7 Å². The second kappa shape index (κ2) is 8.80. The molecule has 8 heteroatoms. The summed E-state index contributed by atoms with van der Waals surface area (Å²) in [6.45, 7) is 1.26. The predicted molar refractivity (Wildman–Crippen MR) is 117 cm³/mol. The Labute approximate surface area is 181 Å². The number of aromatic nitrogens is 4. The molecule has 3 unspecified atom stereocenters. The number of aromatic amines is 1. The summed E-state index contributed by atoms with van der Waals surface area (Å²) in [5, 5.41) is 3.73. The molecule has 164 valence electrons. The molecule has 2 aliphatic heterocycles. The third kappa shape index (κ3) is 4.36. The molecule has 3 atom stereocenters. The van der Waals surface area contributed by atoms with Gasteiger partial charge in [-0.3, -0.25) is 4.57 Å². The lowest BCUT2D eigenvalue weighted by atomic mass is 9.85. The molecule has 4 heterocycles. The van der Waals surface area contributed by atoms with Gasteiger partial charge in [0.15, 0.2) is 5.65 Å². The first kappa shape index (κ1) is 20.2. The van der Waals surface area contributed by atoms with Crippen molar-refractivity contribution in [3.05, 3.63) is 52.1 Å². The first-order chi connectivity index (χ1) is 15.2. The Morgan fingerprint density at radius 1 is 1.16 bits per heavy atom. The van der Waals surface area contributed by atoms with Crippen molar-refractivity contribution >= 4 is 11.2 Å². The Hall–Kier alpha value is -2.71. The smallest absolute Gasteiger partial charge is 0.328 e. The molecule has 5 rings (SSSR count). The third-order valence-corrected chi connectivity index (χ3v) is 6.61. The number of fused-ring (bicyclic) bond motifs is 3. The zero-order chi connectivity index (χ0) is 21.2. The molecule has 8 nitrogen and oxygen atoms in total. The van der Waals surface area contributed by atoms with Gasteiger partial charge in [0.25, 0.3) is 0 Å². The fraction of sp³-hybridized carbons (Fsp3) is 0.522. The van der Waals surface area contributed by atoms with E-state index in [0.717, 1.165) is 30.0 Å². The lowest BCUT2D eigenvalue weighted by Crippen LogP contribution is -2.23. The van der Waals surface area contributed by atoms with E-state index in [-0.39, 0.29) is 11.7 Å². The Morgan fingerprint density at radius 3 is 2.74 bits per heavy atom. The number of nitrogens with one attached hydrogen (secondary N) is 2. The largest absolute Gasteiger partial charge is 0.461 e. The maximum Gasteiger partial charge on any atom is 0.328 e. The summed E-state index contributed by atoms with van der Waals surface area (Å²) in [5.41, 5.74) is 3.36. The first-order valence-corrected chi connectivity index (χ1v) is 11.1. The van der Waals surface area contributed by atoms with Crippen molar-refractivity contribution in [3.63, 3.8) is 0 Å². The molecule has 1 aromatic carbocycles. The van der Waals surface area contributed by atoms with Crippen LogP contribution >= 0.6 is 0 Å². The molecule has 2 N–H and O–H groups in total. The molecule has 0 radical (unpaired) electrons. The van der Waals surface area contributed by atoms with Crippen LogP contribution in [-0.2, 0) is 17.7 Å². The summed E-state index contributed by atoms with van der Waals surface area (Å²) in [6.07, 6.45) is 7.98. The van der Waals surface area contributed by atoms with Gasteiger partial charge in [-0.15, -0.1) is 0 Å². The molecule has 2 fully saturated rings. The zero-order valence-corrected chi connectivity index (χ0v) is 17.8. The van der Waals surface area contributed by atoms with Gasteiger partial charge in [-0.2, -0.15) is 4.98 Å². The molecular formula is C23H29N5O3. The number of H-pyrrole nitrogens is 1. The maximum atomic E-state index is 12.5. The average Bonchev–Trinajstić information content (AvgIpc) is 3.49. The zero-order valence-electron chi connectivity index (χ0n) is 17.8. The minimum Gasteiger partial charge on any atom is -0.461 e. The number of hydrogen-bond acceptors (Lipinski definition) is 6. The maximum absolute atomic E-state index is 12.5. The van der Waals surface area contributed by atoms with Gasteiger partial charge in [0.05, 0.1) is 19.3 Å². The standard InChI is InChI=1S/C23H29N5O3/c1-30-10-11-31-22-24-13-20-21(27-22)28(23(29)26-20)14-16-4-2-15(3-5-16)6-7-17-12-18-8-9-19(17)25-18/h2-5,13,17-19,25H,6-12,14H2,1H3,(H,26,29). The SMILES string of the molecule is COCCOc1ncc2[nH]c(=O)n(Cc3ccc(CCC4CC5CCC4N5)cc3)c2n1. The number of benzene rings is 1. The fourth-order valence-corrected chi connectivity index (χ4v) is 4.97. The predicted octanol–water partition coefficient (Wildman–Crippen LogP) is 2.27. The lowest BCUT2D eigenvalue weighted by Gasteiger charge is -2.19. The van der Waals surface area contributed by atoms with Gasteiger partial charge in [0.1, 0.15) is 12.1 Å². The molecule has 2 saturated heterocycles. The van der Waals surface area contributed by atoms with E-state index in [1.165, 1.54) is 31.2 Å². The summed E-state index contributed by atoms with van der Waals surface area (Å²) in [5.74, 6) is 0.822. The van der Waals surface area contributed by atoms with E-state index in [4.69, 9.17) is 9.47 Å². The van der Waals surface area contributed by atoms with E-state index in [2.05, 4.69) is 44.5 Å². The number of imidazole rings is 1. The monoisotopic (exact) mass is 423 g/mol. The quantitative estimate of drug-likeness (QED) is 0.513. The molecule has 0 aliphatic carbocycles. The normalized spacial score (nSPS) is 22.4. The lowest BCUT2D eigenvalue weighted by molar-refractivity contribution is 0.141. The minimum absolute atomic E-state index is 0.203. The van der Waals surface area contributed by atoms with Crippen LogP contribution in [0.15, 0.2) is 35.3 Å². The number of ether oxygens (including phenoxy) is 2. The third-order valence-electron chi connectivity index (χ3n) is 6.61. The number of nitrogens with zero attached hydrogens (tertiary/aromatic N) is 3. The number of aryl methyl sites for hydroxylation is 1. The van der Waals surface area contributed by atoms with Crippen LogP contribution in [0.5, 0.6) is 6.01 Å². The van der Waals surface area contributed by atoms with Crippen LogP contribution in [0.2, 0.25) is 0 Å². The van der Waals surface area contributed by atoms with Crippen molar-refractivity contribution in [2.75, 3.05) is 20.3 Å². The van der Waals surface area contributed by atoms with Crippen molar-refractivity contribution in [2.24, 2.45) is 5.92 Å². The summed E-state index contributed by atoms with van der Waals surface area (Å²) in [4.78, 5) is 23.8. The molecule has 31 heavy (non-hydrogen) atoms. The highest BCUT2D eigenvalue weighted by Crippen LogP contribution is 2.35. The summed E-state index contributed by atoms with van der Waals surface area (Å²) >= 11 is 0. The molecule has 0 saturated carbocycles. The van der Waals surface area contributed by atoms with E-state index in [9.17, 15) is 4.79 Å². The van der Waals surface area contributed by atoms with E-state index >= 15 is 0 Å². The van der Waals surface area contributed by atoms with Crippen LogP contribution in [0, 0.1) is 5.92 Å². The van der Waals surface area contributed by atoms with Gasteiger partial charge in [-0.25, -0.2) is 9.78 Å². The summed E-state index contributed by atoms with van der Waals surface area (Å²) in [6, 6.07) is 10.3. The van der Waals surface area contributed by atoms with Crippen molar-refractivity contribution in [3.8, 4) is 6.01 Å². The van der Waals surface area contributed by atoms with Crippen LogP contribution in [-0.4, -0.2) is 51.9 Å². The summed E-state index contributed by atoms with van der Waals surface area (Å²) < 4.78 is 12.1. The van der Waals surface area contributed by atoms with Crippen LogP contribution in [0.4, 0.5) is 0 Å². The first-order valence-electron chi connectivity index (χ1n) is 11.1.